The van der Waals surface area contributed by atoms with Gasteiger partial charge in [0.1, 0.15) is 0 Å². The molecule has 0 aliphatic heterocycles. The zero-order valence-corrected chi connectivity index (χ0v) is 17.4. The predicted molar refractivity (Wildman–Crippen MR) is 117 cm³/mol. The highest BCUT2D eigenvalue weighted by Gasteiger charge is 2.23. The second-order valence-electron chi connectivity index (χ2n) is 7.57. The van der Waals surface area contributed by atoms with Crippen molar-refractivity contribution in [3.63, 3.8) is 0 Å². The molecule has 1 heterocycles. The molecule has 1 aliphatic rings. The topological polar surface area (TPSA) is 59.8 Å². The molecule has 1 aliphatic carbocycles. The van der Waals surface area contributed by atoms with Gasteiger partial charge in [0.25, 0.3) is 0 Å². The molecule has 2 aromatic carbocycles. The second-order valence-corrected chi connectivity index (χ2v) is 8.51. The molecule has 0 saturated heterocycles. The van der Waals surface area contributed by atoms with Crippen molar-refractivity contribution in [3.8, 4) is 17.1 Å². The van der Waals surface area contributed by atoms with Gasteiger partial charge in [0.2, 0.25) is 5.91 Å². The first-order valence-corrected chi connectivity index (χ1v) is 11.2. The van der Waals surface area contributed by atoms with Gasteiger partial charge in [-0.1, -0.05) is 80.1 Å². The minimum atomic E-state index is 0.0672. The average Bonchev–Trinajstić information content (AvgIpc) is 3.19. The molecule has 0 unspecified atom stereocenters. The van der Waals surface area contributed by atoms with Crippen LogP contribution in [-0.4, -0.2) is 32.5 Å². The third-order valence-corrected chi connectivity index (χ3v) is 6.40. The van der Waals surface area contributed by atoms with Crippen LogP contribution in [0.15, 0.2) is 65.8 Å². The summed E-state index contributed by atoms with van der Waals surface area (Å²) in [6.45, 7) is 2.23. The zero-order valence-electron chi connectivity index (χ0n) is 16.6. The molecule has 1 aromatic heterocycles. The number of nitrogens with one attached hydrogen (secondary N) is 1. The van der Waals surface area contributed by atoms with Gasteiger partial charge in [-0.25, -0.2) is 0 Å². The number of benzene rings is 2. The fourth-order valence-electron chi connectivity index (χ4n) is 3.86. The molecular weight excluding hydrogens is 380 g/mol. The zero-order chi connectivity index (χ0) is 20.1. The Labute approximate surface area is 175 Å². The third-order valence-electron chi connectivity index (χ3n) is 5.47. The smallest absolute Gasteiger partial charge is 0.230 e. The van der Waals surface area contributed by atoms with Crippen LogP contribution in [0, 0.1) is 5.92 Å². The molecule has 1 N–H and O–H groups in total. The fraction of sp³-hybridized carbons (Fsp3) is 0.348. The van der Waals surface area contributed by atoms with Crippen LogP contribution in [0.25, 0.3) is 17.1 Å². The summed E-state index contributed by atoms with van der Waals surface area (Å²) in [4.78, 5) is 12.6. The molecule has 0 radical (unpaired) electrons. The van der Waals surface area contributed by atoms with Crippen LogP contribution in [-0.2, 0) is 4.79 Å². The first-order valence-electron chi connectivity index (χ1n) is 10.2. The lowest BCUT2D eigenvalue weighted by Crippen LogP contribution is -2.41. The molecular formula is C23H26N4OS. The van der Waals surface area contributed by atoms with E-state index < -0.39 is 0 Å². The Bertz CT molecular complexity index is 942. The fourth-order valence-corrected chi connectivity index (χ4v) is 4.62. The molecule has 5 nitrogen and oxygen atoms in total. The molecule has 1 saturated carbocycles. The van der Waals surface area contributed by atoms with Crippen molar-refractivity contribution in [3.05, 3.63) is 60.7 Å². The van der Waals surface area contributed by atoms with Crippen LogP contribution in [0.5, 0.6) is 0 Å². The largest absolute Gasteiger partial charge is 0.352 e. The van der Waals surface area contributed by atoms with Crippen LogP contribution in [0.4, 0.5) is 0 Å². The number of aromatic nitrogens is 3. The number of nitrogens with zero attached hydrogens (tertiary/aromatic N) is 3. The Morgan fingerprint density at radius 3 is 2.45 bits per heavy atom. The molecule has 150 valence electrons. The van der Waals surface area contributed by atoms with Gasteiger partial charge in [-0.15, -0.1) is 10.2 Å². The van der Waals surface area contributed by atoms with Crippen molar-refractivity contribution in [1.82, 2.24) is 20.1 Å². The van der Waals surface area contributed by atoms with Gasteiger partial charge in [-0.3, -0.25) is 9.36 Å². The number of carbonyl (C=O) groups is 1. The monoisotopic (exact) mass is 406 g/mol. The molecule has 1 amide bonds. The summed E-state index contributed by atoms with van der Waals surface area (Å²) in [7, 11) is 0. The molecule has 3 aromatic rings. The van der Waals surface area contributed by atoms with Gasteiger partial charge in [-0.05, 0) is 30.9 Å². The van der Waals surface area contributed by atoms with Gasteiger partial charge in [0.15, 0.2) is 11.0 Å². The Morgan fingerprint density at radius 2 is 1.72 bits per heavy atom. The molecule has 4 rings (SSSR count). The Kier molecular flexibility index (Phi) is 6.30. The molecule has 29 heavy (non-hydrogen) atoms. The number of para-hydroxylation sites is 1. The standard InChI is InChI=1S/C23H26N4OS/c1-17-10-8-9-15-20(17)24-21(28)16-29-23-26-25-22(18-11-4-2-5-12-18)27(23)19-13-6-3-7-14-19/h2-7,11-14,17,20H,8-10,15-16H2,1H3,(H,24,28)/t17-,20-/m0/s1. The molecule has 2 atom stereocenters. The Hall–Kier alpha value is -2.60. The Morgan fingerprint density at radius 1 is 1.03 bits per heavy atom. The summed E-state index contributed by atoms with van der Waals surface area (Å²) < 4.78 is 2.02. The van der Waals surface area contributed by atoms with Gasteiger partial charge in [0.05, 0.1) is 5.75 Å². The number of rotatable bonds is 6. The van der Waals surface area contributed by atoms with Crippen molar-refractivity contribution in [1.29, 1.82) is 0 Å². The van der Waals surface area contributed by atoms with Crippen molar-refractivity contribution in [2.24, 2.45) is 5.92 Å². The van der Waals surface area contributed by atoms with Crippen LogP contribution in [0.1, 0.15) is 32.6 Å². The maximum atomic E-state index is 12.6. The second kappa shape index (κ2) is 9.27. The van der Waals surface area contributed by atoms with Crippen LogP contribution in [0.2, 0.25) is 0 Å². The van der Waals surface area contributed by atoms with Crippen molar-refractivity contribution >= 4 is 17.7 Å². The van der Waals surface area contributed by atoms with E-state index in [0.717, 1.165) is 28.7 Å². The van der Waals surface area contributed by atoms with E-state index in [2.05, 4.69) is 22.4 Å². The number of hydrogen-bond acceptors (Lipinski definition) is 4. The van der Waals surface area contributed by atoms with Gasteiger partial charge < -0.3 is 5.32 Å². The summed E-state index contributed by atoms with van der Waals surface area (Å²) in [5, 5.41) is 12.8. The SMILES string of the molecule is C[C@H]1CCCC[C@@H]1NC(=O)CSc1nnc(-c2ccccc2)n1-c1ccccc1. The van der Waals surface area contributed by atoms with Crippen LogP contribution < -0.4 is 5.32 Å². The number of hydrogen-bond donors (Lipinski definition) is 1. The molecule has 0 spiro atoms. The van der Waals surface area contributed by atoms with Crippen LogP contribution >= 0.6 is 11.8 Å². The van der Waals surface area contributed by atoms with E-state index in [4.69, 9.17) is 0 Å². The van der Waals surface area contributed by atoms with Gasteiger partial charge in [0, 0.05) is 17.3 Å². The van der Waals surface area contributed by atoms with Gasteiger partial charge >= 0.3 is 0 Å². The minimum absolute atomic E-state index is 0.0672. The maximum Gasteiger partial charge on any atom is 0.230 e. The lowest BCUT2D eigenvalue weighted by Gasteiger charge is -2.29. The van der Waals surface area contributed by atoms with Crippen molar-refractivity contribution in [2.75, 3.05) is 5.75 Å². The summed E-state index contributed by atoms with van der Waals surface area (Å²) in [5.41, 5.74) is 1.98. The van der Waals surface area contributed by atoms with E-state index in [0.29, 0.717) is 17.7 Å². The molecule has 0 bridgehead atoms. The van der Waals surface area contributed by atoms with E-state index >= 15 is 0 Å². The third kappa shape index (κ3) is 4.70. The maximum absolute atomic E-state index is 12.6. The van der Waals surface area contributed by atoms with Crippen molar-refractivity contribution < 1.29 is 4.79 Å². The summed E-state index contributed by atoms with van der Waals surface area (Å²) in [5.74, 6) is 1.73. The highest BCUT2D eigenvalue weighted by atomic mass is 32.2. The normalized spacial score (nSPS) is 19.1. The van der Waals surface area contributed by atoms with E-state index in [1.54, 1.807) is 0 Å². The quantitative estimate of drug-likeness (QED) is 0.602. The first-order chi connectivity index (χ1) is 14.2. The lowest BCUT2D eigenvalue weighted by molar-refractivity contribution is -0.119. The minimum Gasteiger partial charge on any atom is -0.352 e. The number of carbonyl (C=O) groups excluding carboxylic acids is 1. The van der Waals surface area contributed by atoms with Crippen molar-refractivity contribution in [2.45, 2.75) is 43.8 Å². The molecule has 1 fully saturated rings. The summed E-state index contributed by atoms with van der Waals surface area (Å²) >= 11 is 1.43. The highest BCUT2D eigenvalue weighted by molar-refractivity contribution is 7.99. The number of thioether (sulfide) groups is 1. The van der Waals surface area contributed by atoms with E-state index in [1.165, 1.54) is 31.0 Å². The predicted octanol–water partition coefficient (Wildman–Crippen LogP) is 4.72. The average molecular weight is 407 g/mol. The van der Waals surface area contributed by atoms with Gasteiger partial charge in [-0.2, -0.15) is 0 Å². The Balaban J connectivity index is 1.53. The highest BCUT2D eigenvalue weighted by Crippen LogP contribution is 2.28. The van der Waals surface area contributed by atoms with E-state index in [9.17, 15) is 4.79 Å². The molecule has 6 heteroatoms. The number of amides is 1. The lowest BCUT2D eigenvalue weighted by atomic mass is 9.86. The summed E-state index contributed by atoms with van der Waals surface area (Å²) in [6, 6.07) is 20.4. The first kappa shape index (κ1) is 19.7. The summed E-state index contributed by atoms with van der Waals surface area (Å²) in [6.07, 6.45) is 4.74. The van der Waals surface area contributed by atoms with E-state index in [-0.39, 0.29) is 5.91 Å². The van der Waals surface area contributed by atoms with Crippen LogP contribution in [0.3, 0.4) is 0 Å². The van der Waals surface area contributed by atoms with E-state index in [1.807, 2.05) is 65.2 Å².